The van der Waals surface area contributed by atoms with E-state index in [1.54, 1.807) is 0 Å². The number of aryl methyl sites for hydroxylation is 2. The van der Waals surface area contributed by atoms with Crippen LogP contribution in [-0.4, -0.2) is 20.1 Å². The predicted molar refractivity (Wildman–Crippen MR) is 104 cm³/mol. The Kier molecular flexibility index (Phi) is 5.27. The van der Waals surface area contributed by atoms with Gasteiger partial charge in [-0.2, -0.15) is 0 Å². The second-order valence-corrected chi connectivity index (χ2v) is 7.00. The summed E-state index contributed by atoms with van der Waals surface area (Å²) in [6.45, 7) is 2.03. The molecule has 1 aliphatic carbocycles. The summed E-state index contributed by atoms with van der Waals surface area (Å²) in [7, 11) is 3.99. The van der Waals surface area contributed by atoms with Gasteiger partial charge in [-0.1, -0.05) is 18.2 Å². The number of fused-ring (bicyclic) bond motifs is 1. The molecule has 0 saturated heterocycles. The van der Waals surface area contributed by atoms with Crippen LogP contribution in [0.2, 0.25) is 0 Å². The molecule has 4 heteroatoms. The molecule has 0 heterocycles. The average Bonchev–Trinajstić information content (AvgIpc) is 2.61. The predicted octanol–water partition coefficient (Wildman–Crippen LogP) is 4.51. The van der Waals surface area contributed by atoms with E-state index in [2.05, 4.69) is 28.8 Å². The van der Waals surface area contributed by atoms with E-state index in [1.165, 1.54) is 36.0 Å². The maximum Gasteiger partial charge on any atom is 0.319 e. The minimum Gasteiger partial charge on any atom is -0.378 e. The van der Waals surface area contributed by atoms with Crippen molar-refractivity contribution in [2.45, 2.75) is 38.6 Å². The first-order chi connectivity index (χ1) is 12.0. The number of hydrogen-bond donors (Lipinski definition) is 2. The van der Waals surface area contributed by atoms with Gasteiger partial charge in [-0.05, 0) is 73.6 Å². The van der Waals surface area contributed by atoms with Gasteiger partial charge >= 0.3 is 6.03 Å². The fourth-order valence-electron chi connectivity index (χ4n) is 3.31. The van der Waals surface area contributed by atoms with Crippen LogP contribution in [0.1, 0.15) is 42.5 Å². The number of carbonyl (C=O) groups excluding carboxylic acids is 1. The molecule has 1 unspecified atom stereocenters. The summed E-state index contributed by atoms with van der Waals surface area (Å²) in [6, 6.07) is 14.2. The number of carbonyl (C=O) groups is 1. The highest BCUT2D eigenvalue weighted by atomic mass is 16.2. The van der Waals surface area contributed by atoms with Gasteiger partial charge in [-0.3, -0.25) is 0 Å². The van der Waals surface area contributed by atoms with E-state index in [9.17, 15) is 4.79 Å². The summed E-state index contributed by atoms with van der Waals surface area (Å²) in [5.74, 6) is 0. The summed E-state index contributed by atoms with van der Waals surface area (Å²) in [5, 5.41) is 5.93. The van der Waals surface area contributed by atoms with E-state index < -0.39 is 0 Å². The molecule has 2 amide bonds. The molecule has 4 nitrogen and oxygen atoms in total. The first kappa shape index (κ1) is 17.3. The lowest BCUT2D eigenvalue weighted by molar-refractivity contribution is 0.249. The lowest BCUT2D eigenvalue weighted by atomic mass is 9.89. The van der Waals surface area contributed by atoms with Gasteiger partial charge in [-0.15, -0.1) is 0 Å². The van der Waals surface area contributed by atoms with Crippen molar-refractivity contribution in [1.82, 2.24) is 5.32 Å². The second-order valence-electron chi connectivity index (χ2n) is 7.00. The number of hydrogen-bond acceptors (Lipinski definition) is 2. The van der Waals surface area contributed by atoms with E-state index in [1.807, 2.05) is 50.2 Å². The highest BCUT2D eigenvalue weighted by molar-refractivity contribution is 5.89. The zero-order valence-corrected chi connectivity index (χ0v) is 15.3. The fourth-order valence-corrected chi connectivity index (χ4v) is 3.31. The van der Waals surface area contributed by atoms with Crippen LogP contribution in [0, 0.1) is 0 Å². The highest BCUT2D eigenvalue weighted by Crippen LogP contribution is 2.25. The third-order valence-electron chi connectivity index (χ3n) is 4.86. The number of rotatable bonds is 4. The number of anilines is 2. The third kappa shape index (κ3) is 4.32. The Hall–Kier alpha value is -2.49. The van der Waals surface area contributed by atoms with Crippen LogP contribution in [0.5, 0.6) is 0 Å². The first-order valence-corrected chi connectivity index (χ1v) is 8.99. The summed E-state index contributed by atoms with van der Waals surface area (Å²) in [5.41, 5.74) is 5.97. The van der Waals surface area contributed by atoms with E-state index in [-0.39, 0.29) is 12.1 Å². The molecule has 3 rings (SSSR count). The molecular weight excluding hydrogens is 310 g/mol. The number of nitrogens with one attached hydrogen (secondary N) is 2. The number of amides is 2. The van der Waals surface area contributed by atoms with Crippen LogP contribution in [-0.2, 0) is 12.8 Å². The van der Waals surface area contributed by atoms with E-state index in [0.717, 1.165) is 17.8 Å². The van der Waals surface area contributed by atoms with Crippen LogP contribution in [0.15, 0.2) is 42.5 Å². The normalized spacial score (nSPS) is 14.4. The Labute approximate surface area is 150 Å². The lowest BCUT2D eigenvalue weighted by Crippen LogP contribution is -2.31. The lowest BCUT2D eigenvalue weighted by Gasteiger charge is -2.20. The van der Waals surface area contributed by atoms with Crippen molar-refractivity contribution >= 4 is 17.4 Å². The zero-order valence-electron chi connectivity index (χ0n) is 15.3. The molecule has 2 aromatic carbocycles. The molecule has 0 saturated carbocycles. The molecule has 1 atom stereocenters. The molecule has 0 aliphatic heterocycles. The van der Waals surface area contributed by atoms with Gasteiger partial charge in [0.25, 0.3) is 0 Å². The first-order valence-electron chi connectivity index (χ1n) is 8.99. The zero-order chi connectivity index (χ0) is 17.8. The number of nitrogens with zero attached hydrogens (tertiary/aromatic N) is 1. The molecule has 0 bridgehead atoms. The SMILES string of the molecule is CC(NC(=O)Nc1ccc(N(C)C)cc1)c1ccc2c(c1)CCCC2. The minimum atomic E-state index is -0.178. The monoisotopic (exact) mass is 337 g/mol. The molecule has 25 heavy (non-hydrogen) atoms. The molecule has 0 fully saturated rings. The Balaban J connectivity index is 1.60. The van der Waals surface area contributed by atoms with Gasteiger partial charge in [0.1, 0.15) is 0 Å². The van der Waals surface area contributed by atoms with Crippen LogP contribution in [0.3, 0.4) is 0 Å². The summed E-state index contributed by atoms with van der Waals surface area (Å²) < 4.78 is 0. The molecule has 2 aromatic rings. The van der Waals surface area contributed by atoms with Gasteiger partial charge in [0.2, 0.25) is 0 Å². The maximum absolute atomic E-state index is 12.3. The van der Waals surface area contributed by atoms with Crippen molar-refractivity contribution in [2.75, 3.05) is 24.3 Å². The van der Waals surface area contributed by atoms with E-state index in [0.29, 0.717) is 0 Å². The maximum atomic E-state index is 12.3. The van der Waals surface area contributed by atoms with Gasteiger partial charge in [-0.25, -0.2) is 4.79 Å². The average molecular weight is 337 g/mol. The van der Waals surface area contributed by atoms with Crippen molar-refractivity contribution in [1.29, 1.82) is 0 Å². The molecular formula is C21H27N3O. The van der Waals surface area contributed by atoms with Gasteiger partial charge < -0.3 is 15.5 Å². The van der Waals surface area contributed by atoms with Crippen molar-refractivity contribution in [2.24, 2.45) is 0 Å². The Bertz CT molecular complexity index is 737. The summed E-state index contributed by atoms with van der Waals surface area (Å²) in [4.78, 5) is 14.3. The van der Waals surface area contributed by atoms with Gasteiger partial charge in [0.05, 0.1) is 6.04 Å². The smallest absolute Gasteiger partial charge is 0.319 e. The van der Waals surface area contributed by atoms with Crippen molar-refractivity contribution in [3.05, 3.63) is 59.2 Å². The van der Waals surface area contributed by atoms with Crippen molar-refractivity contribution in [3.8, 4) is 0 Å². The Morgan fingerprint density at radius 3 is 2.36 bits per heavy atom. The standard InChI is InChI=1S/C21H27N3O/c1-15(17-9-8-16-6-4-5-7-18(16)14-17)22-21(25)23-19-10-12-20(13-11-19)24(2)3/h8-15H,4-7H2,1-3H3,(H2,22,23,25). The highest BCUT2D eigenvalue weighted by Gasteiger charge is 2.14. The van der Waals surface area contributed by atoms with E-state index >= 15 is 0 Å². The second kappa shape index (κ2) is 7.60. The molecule has 2 N–H and O–H groups in total. The largest absolute Gasteiger partial charge is 0.378 e. The third-order valence-corrected chi connectivity index (χ3v) is 4.86. The molecule has 0 aromatic heterocycles. The summed E-state index contributed by atoms with van der Waals surface area (Å²) >= 11 is 0. The van der Waals surface area contributed by atoms with Crippen LogP contribution < -0.4 is 15.5 Å². The van der Waals surface area contributed by atoms with Gasteiger partial charge in [0, 0.05) is 25.5 Å². The minimum absolute atomic E-state index is 0.0201. The van der Waals surface area contributed by atoms with Gasteiger partial charge in [0.15, 0.2) is 0 Å². The topological polar surface area (TPSA) is 44.4 Å². The number of benzene rings is 2. The van der Waals surface area contributed by atoms with E-state index in [4.69, 9.17) is 0 Å². The molecule has 0 spiro atoms. The van der Waals surface area contributed by atoms with Crippen molar-refractivity contribution in [3.63, 3.8) is 0 Å². The Morgan fingerprint density at radius 1 is 1.00 bits per heavy atom. The van der Waals surface area contributed by atoms with Crippen LogP contribution >= 0.6 is 0 Å². The van der Waals surface area contributed by atoms with Crippen LogP contribution in [0.25, 0.3) is 0 Å². The fraction of sp³-hybridized carbons (Fsp3) is 0.381. The molecule has 0 radical (unpaired) electrons. The molecule has 132 valence electrons. The molecule has 1 aliphatic rings. The summed E-state index contributed by atoms with van der Waals surface area (Å²) in [6.07, 6.45) is 4.89. The van der Waals surface area contributed by atoms with Crippen LogP contribution in [0.4, 0.5) is 16.2 Å². The quantitative estimate of drug-likeness (QED) is 0.862. The number of urea groups is 1. The van der Waals surface area contributed by atoms with Crippen molar-refractivity contribution < 1.29 is 4.79 Å². The Morgan fingerprint density at radius 2 is 1.68 bits per heavy atom.